The molecule has 2 saturated heterocycles. The number of hydrogen-bond acceptors (Lipinski definition) is 7. The zero-order valence-corrected chi connectivity index (χ0v) is 14.9. The Hall–Kier alpha value is -2.24. The van der Waals surface area contributed by atoms with E-state index >= 15 is 0 Å². The largest absolute Gasteiger partial charge is 0.368 e. The molecule has 2 fully saturated rings. The molecule has 0 aliphatic carbocycles. The summed E-state index contributed by atoms with van der Waals surface area (Å²) in [6, 6.07) is 3.60. The highest BCUT2D eigenvalue weighted by molar-refractivity contribution is 7.89. The summed E-state index contributed by atoms with van der Waals surface area (Å²) in [6.07, 6.45) is 1.20. The standard InChI is InChI=1S/C15H20N4O6S/c16-26(23,24)14-10-11(19(21)22)3-4-12(14)17-5-7-18(8-6-17)15(20)13-2-1-9-25-13/h3-4,10,13H,1-2,5-9H2,(H2,16,23,24). The topological polar surface area (TPSA) is 136 Å². The average Bonchev–Trinajstić information content (AvgIpc) is 3.14. The lowest BCUT2D eigenvalue weighted by atomic mass is 10.2. The first-order valence-corrected chi connectivity index (χ1v) is 9.78. The summed E-state index contributed by atoms with van der Waals surface area (Å²) in [7, 11) is -4.13. The molecule has 0 radical (unpaired) electrons. The normalized spacial score (nSPS) is 21.0. The second kappa shape index (κ2) is 7.17. The van der Waals surface area contributed by atoms with Crippen LogP contribution >= 0.6 is 0 Å². The first kappa shape index (κ1) is 18.5. The molecule has 3 rings (SSSR count). The molecular weight excluding hydrogens is 364 g/mol. The molecule has 11 heteroatoms. The Morgan fingerprint density at radius 1 is 1.27 bits per heavy atom. The maximum atomic E-state index is 12.4. The lowest BCUT2D eigenvalue weighted by molar-refractivity contribution is -0.385. The highest BCUT2D eigenvalue weighted by Gasteiger charge is 2.31. The molecule has 2 heterocycles. The number of nitrogens with two attached hydrogens (primary N) is 1. The minimum atomic E-state index is -4.13. The number of nitro benzene ring substituents is 1. The summed E-state index contributed by atoms with van der Waals surface area (Å²) >= 11 is 0. The van der Waals surface area contributed by atoms with Crippen LogP contribution in [-0.2, 0) is 19.6 Å². The van der Waals surface area contributed by atoms with Crippen LogP contribution in [0.15, 0.2) is 23.1 Å². The van der Waals surface area contributed by atoms with Crippen molar-refractivity contribution in [2.24, 2.45) is 5.14 Å². The molecular formula is C15H20N4O6S. The second-order valence-corrected chi connectivity index (χ2v) is 7.80. The number of amides is 1. The van der Waals surface area contributed by atoms with E-state index in [0.717, 1.165) is 18.9 Å². The van der Waals surface area contributed by atoms with E-state index in [2.05, 4.69) is 0 Å². The highest BCUT2D eigenvalue weighted by atomic mass is 32.2. The van der Waals surface area contributed by atoms with Crippen molar-refractivity contribution in [2.75, 3.05) is 37.7 Å². The van der Waals surface area contributed by atoms with Crippen LogP contribution in [0.3, 0.4) is 0 Å². The van der Waals surface area contributed by atoms with E-state index in [0.29, 0.717) is 38.5 Å². The molecule has 1 atom stereocenters. The van der Waals surface area contributed by atoms with Gasteiger partial charge in [-0.05, 0) is 18.9 Å². The number of benzene rings is 1. The molecule has 0 aromatic heterocycles. The maximum absolute atomic E-state index is 12.4. The number of ether oxygens (including phenoxy) is 1. The van der Waals surface area contributed by atoms with Gasteiger partial charge in [0.05, 0.1) is 10.6 Å². The summed E-state index contributed by atoms with van der Waals surface area (Å²) in [5.74, 6) is -0.0440. The van der Waals surface area contributed by atoms with Gasteiger partial charge in [-0.1, -0.05) is 0 Å². The fourth-order valence-corrected chi connectivity index (χ4v) is 4.02. The van der Waals surface area contributed by atoms with Gasteiger partial charge in [0.25, 0.3) is 11.6 Å². The number of anilines is 1. The number of nitro groups is 1. The van der Waals surface area contributed by atoms with Crippen molar-refractivity contribution >= 4 is 27.3 Å². The summed E-state index contributed by atoms with van der Waals surface area (Å²) in [4.78, 5) is 25.8. The third-order valence-electron chi connectivity index (χ3n) is 4.60. The Labute approximate surface area is 150 Å². The van der Waals surface area contributed by atoms with Crippen molar-refractivity contribution in [3.8, 4) is 0 Å². The zero-order valence-electron chi connectivity index (χ0n) is 14.0. The molecule has 1 unspecified atom stereocenters. The molecule has 142 valence electrons. The third-order valence-corrected chi connectivity index (χ3v) is 5.54. The molecule has 1 aromatic rings. The predicted octanol–water partition coefficient (Wildman–Crippen LogP) is 0.0698. The van der Waals surface area contributed by atoms with Crippen LogP contribution in [0.1, 0.15) is 12.8 Å². The molecule has 26 heavy (non-hydrogen) atoms. The lowest BCUT2D eigenvalue weighted by Gasteiger charge is -2.37. The first-order valence-electron chi connectivity index (χ1n) is 8.24. The molecule has 2 N–H and O–H groups in total. The summed E-state index contributed by atoms with van der Waals surface area (Å²) in [5, 5.41) is 16.1. The lowest BCUT2D eigenvalue weighted by Crippen LogP contribution is -2.51. The maximum Gasteiger partial charge on any atom is 0.270 e. The SMILES string of the molecule is NS(=O)(=O)c1cc([N+](=O)[O-])ccc1N1CCN(C(=O)C2CCCO2)CC1. The molecule has 1 amide bonds. The zero-order chi connectivity index (χ0) is 18.9. The molecule has 0 bridgehead atoms. The van der Waals surface area contributed by atoms with E-state index in [9.17, 15) is 23.3 Å². The van der Waals surface area contributed by atoms with Gasteiger partial charge in [0.2, 0.25) is 10.0 Å². The van der Waals surface area contributed by atoms with Gasteiger partial charge >= 0.3 is 0 Å². The Bertz CT molecular complexity index is 813. The Balaban J connectivity index is 1.76. The van der Waals surface area contributed by atoms with Crippen molar-refractivity contribution in [2.45, 2.75) is 23.8 Å². The van der Waals surface area contributed by atoms with Crippen molar-refractivity contribution in [1.82, 2.24) is 4.90 Å². The minimum Gasteiger partial charge on any atom is -0.368 e. The van der Waals surface area contributed by atoms with Gasteiger partial charge in [-0.15, -0.1) is 0 Å². The minimum absolute atomic E-state index is 0.0440. The average molecular weight is 384 g/mol. The Morgan fingerprint density at radius 2 is 1.96 bits per heavy atom. The van der Waals surface area contributed by atoms with Gasteiger partial charge in [0, 0.05) is 44.9 Å². The monoisotopic (exact) mass is 384 g/mol. The number of hydrogen-bond donors (Lipinski definition) is 1. The quantitative estimate of drug-likeness (QED) is 0.573. The number of carbonyl (C=O) groups excluding carboxylic acids is 1. The summed E-state index contributed by atoms with van der Waals surface area (Å²) < 4.78 is 29.1. The van der Waals surface area contributed by atoms with Crippen LogP contribution in [-0.4, -0.2) is 63.0 Å². The van der Waals surface area contributed by atoms with Crippen LogP contribution in [0.25, 0.3) is 0 Å². The summed E-state index contributed by atoms with van der Waals surface area (Å²) in [5.41, 5.74) is -0.0349. The molecule has 2 aliphatic rings. The van der Waals surface area contributed by atoms with Crippen molar-refractivity contribution < 1.29 is 22.9 Å². The van der Waals surface area contributed by atoms with Gasteiger partial charge in [-0.2, -0.15) is 0 Å². The molecule has 0 saturated carbocycles. The van der Waals surface area contributed by atoms with Gasteiger partial charge < -0.3 is 14.5 Å². The van der Waals surface area contributed by atoms with E-state index in [-0.39, 0.29) is 22.6 Å². The third kappa shape index (κ3) is 3.79. The molecule has 10 nitrogen and oxygen atoms in total. The van der Waals surface area contributed by atoms with Crippen LogP contribution < -0.4 is 10.0 Å². The van der Waals surface area contributed by atoms with Crippen molar-refractivity contribution in [3.05, 3.63) is 28.3 Å². The van der Waals surface area contributed by atoms with Crippen LogP contribution in [0.5, 0.6) is 0 Å². The Kier molecular flexibility index (Phi) is 5.12. The van der Waals surface area contributed by atoms with E-state index in [1.165, 1.54) is 12.1 Å². The number of nitrogens with zero attached hydrogens (tertiary/aromatic N) is 3. The van der Waals surface area contributed by atoms with Crippen LogP contribution in [0.2, 0.25) is 0 Å². The van der Waals surface area contributed by atoms with Crippen LogP contribution in [0, 0.1) is 10.1 Å². The Morgan fingerprint density at radius 3 is 2.50 bits per heavy atom. The number of carbonyl (C=O) groups is 1. The van der Waals surface area contributed by atoms with E-state index in [1.807, 2.05) is 0 Å². The van der Waals surface area contributed by atoms with E-state index in [4.69, 9.17) is 9.88 Å². The van der Waals surface area contributed by atoms with E-state index in [1.54, 1.807) is 9.80 Å². The smallest absolute Gasteiger partial charge is 0.270 e. The number of primary sulfonamides is 1. The van der Waals surface area contributed by atoms with Gasteiger partial charge in [0.1, 0.15) is 11.0 Å². The first-order chi connectivity index (χ1) is 12.3. The number of rotatable bonds is 4. The highest BCUT2D eigenvalue weighted by Crippen LogP contribution is 2.29. The molecule has 2 aliphatic heterocycles. The summed E-state index contributed by atoms with van der Waals surface area (Å²) in [6.45, 7) is 2.23. The fraction of sp³-hybridized carbons (Fsp3) is 0.533. The van der Waals surface area contributed by atoms with E-state index < -0.39 is 14.9 Å². The van der Waals surface area contributed by atoms with Crippen molar-refractivity contribution in [3.63, 3.8) is 0 Å². The second-order valence-electron chi connectivity index (χ2n) is 6.27. The number of non-ortho nitro benzene ring substituents is 1. The van der Waals surface area contributed by atoms with Gasteiger partial charge in [-0.3, -0.25) is 14.9 Å². The fourth-order valence-electron chi connectivity index (χ4n) is 3.25. The van der Waals surface area contributed by atoms with Crippen molar-refractivity contribution in [1.29, 1.82) is 0 Å². The van der Waals surface area contributed by atoms with Gasteiger partial charge in [0.15, 0.2) is 0 Å². The van der Waals surface area contributed by atoms with Crippen LogP contribution in [0.4, 0.5) is 11.4 Å². The predicted molar refractivity (Wildman–Crippen MR) is 92.2 cm³/mol. The number of sulfonamides is 1. The molecule has 0 spiro atoms. The number of piperazine rings is 1. The molecule has 1 aromatic carbocycles. The van der Waals surface area contributed by atoms with Gasteiger partial charge in [-0.25, -0.2) is 13.6 Å².